The first kappa shape index (κ1) is 13.3. The predicted octanol–water partition coefficient (Wildman–Crippen LogP) is 1.11. The maximum Gasteiger partial charge on any atom is 0.269 e. The summed E-state index contributed by atoms with van der Waals surface area (Å²) >= 11 is 1.40. The molecular formula is C13H10N4O3S. The van der Waals surface area contributed by atoms with E-state index in [-0.39, 0.29) is 17.8 Å². The summed E-state index contributed by atoms with van der Waals surface area (Å²) in [6, 6.07) is 6.14. The molecule has 0 fully saturated rings. The van der Waals surface area contributed by atoms with Crippen molar-refractivity contribution < 1.29 is 9.21 Å². The van der Waals surface area contributed by atoms with E-state index < -0.39 is 5.91 Å². The first-order chi connectivity index (χ1) is 10.1. The van der Waals surface area contributed by atoms with Crippen LogP contribution < -0.4 is 11.3 Å². The van der Waals surface area contributed by atoms with Crippen molar-refractivity contribution in [1.82, 2.24) is 14.8 Å². The van der Waals surface area contributed by atoms with Crippen LogP contribution in [0.4, 0.5) is 0 Å². The molecule has 0 radical (unpaired) electrons. The van der Waals surface area contributed by atoms with Gasteiger partial charge in [-0.05, 0) is 18.2 Å². The second-order valence-corrected chi connectivity index (χ2v) is 5.06. The Hall–Kier alpha value is -2.74. The lowest BCUT2D eigenvalue weighted by Gasteiger charge is -2.02. The minimum absolute atomic E-state index is 0.0380. The lowest BCUT2D eigenvalue weighted by molar-refractivity contribution is 0.0993. The van der Waals surface area contributed by atoms with Crippen LogP contribution in [0.1, 0.15) is 16.2 Å². The van der Waals surface area contributed by atoms with Crippen LogP contribution in [0.3, 0.4) is 0 Å². The zero-order valence-electron chi connectivity index (χ0n) is 10.7. The molecule has 0 atom stereocenters. The minimum Gasteiger partial charge on any atom is -0.462 e. The van der Waals surface area contributed by atoms with Crippen LogP contribution in [0.25, 0.3) is 10.8 Å². The van der Waals surface area contributed by atoms with E-state index in [1.54, 1.807) is 18.4 Å². The maximum absolute atomic E-state index is 11.7. The first-order valence-corrected chi connectivity index (χ1v) is 6.88. The third kappa shape index (κ3) is 2.75. The average molecular weight is 302 g/mol. The molecule has 0 saturated carbocycles. The van der Waals surface area contributed by atoms with Crippen LogP contribution in [-0.2, 0) is 6.54 Å². The largest absolute Gasteiger partial charge is 0.462 e. The number of hydrogen-bond donors (Lipinski definition) is 1. The molecule has 0 aliphatic carbocycles. The van der Waals surface area contributed by atoms with E-state index in [2.05, 4.69) is 10.1 Å². The predicted molar refractivity (Wildman–Crippen MR) is 75.9 cm³/mol. The number of rotatable bonds is 4. The van der Waals surface area contributed by atoms with E-state index in [0.29, 0.717) is 16.5 Å². The van der Waals surface area contributed by atoms with Gasteiger partial charge >= 0.3 is 0 Å². The molecule has 0 aliphatic heterocycles. The molecule has 0 saturated heterocycles. The van der Waals surface area contributed by atoms with Gasteiger partial charge in [-0.25, -0.2) is 9.67 Å². The summed E-state index contributed by atoms with van der Waals surface area (Å²) < 4.78 is 6.41. The van der Waals surface area contributed by atoms with Gasteiger partial charge in [-0.2, -0.15) is 5.10 Å². The molecule has 0 aliphatic rings. The maximum atomic E-state index is 11.7. The highest BCUT2D eigenvalue weighted by Crippen LogP contribution is 2.23. The fourth-order valence-corrected chi connectivity index (χ4v) is 2.52. The number of amides is 1. The SMILES string of the molecule is NC(=O)c1ccc(=O)n(Cc2csc(-c3ccco3)n2)n1. The van der Waals surface area contributed by atoms with Crippen molar-refractivity contribution in [2.45, 2.75) is 6.54 Å². The Morgan fingerprint density at radius 2 is 2.24 bits per heavy atom. The Kier molecular flexibility index (Phi) is 3.36. The summed E-state index contributed by atoms with van der Waals surface area (Å²) in [6.07, 6.45) is 1.57. The highest BCUT2D eigenvalue weighted by Gasteiger charge is 2.10. The van der Waals surface area contributed by atoms with Gasteiger partial charge in [0.1, 0.15) is 5.69 Å². The standard InChI is InChI=1S/C13H10N4O3S/c14-12(19)9-3-4-11(18)17(16-9)6-8-7-21-13(15-8)10-2-1-5-20-10/h1-5,7H,6H2,(H2,14,19). The quantitative estimate of drug-likeness (QED) is 0.777. The van der Waals surface area contributed by atoms with E-state index >= 15 is 0 Å². The first-order valence-electron chi connectivity index (χ1n) is 6.00. The van der Waals surface area contributed by atoms with Crippen LogP contribution in [0, 0.1) is 0 Å². The third-order valence-corrected chi connectivity index (χ3v) is 3.62. The second-order valence-electron chi connectivity index (χ2n) is 4.20. The van der Waals surface area contributed by atoms with Crippen LogP contribution in [0.5, 0.6) is 0 Å². The van der Waals surface area contributed by atoms with E-state index in [4.69, 9.17) is 10.2 Å². The highest BCUT2D eigenvalue weighted by molar-refractivity contribution is 7.13. The van der Waals surface area contributed by atoms with Gasteiger partial charge < -0.3 is 10.2 Å². The van der Waals surface area contributed by atoms with E-state index in [9.17, 15) is 9.59 Å². The van der Waals surface area contributed by atoms with Crippen molar-refractivity contribution in [2.75, 3.05) is 0 Å². The number of nitrogens with two attached hydrogens (primary N) is 1. The summed E-state index contributed by atoms with van der Waals surface area (Å²) in [5.41, 5.74) is 5.52. The smallest absolute Gasteiger partial charge is 0.269 e. The molecule has 8 heteroatoms. The summed E-state index contributed by atoms with van der Waals surface area (Å²) in [6.45, 7) is 0.164. The fraction of sp³-hybridized carbons (Fsp3) is 0.0769. The van der Waals surface area contributed by atoms with Gasteiger partial charge in [0.15, 0.2) is 10.8 Å². The van der Waals surface area contributed by atoms with Gasteiger partial charge in [-0.3, -0.25) is 9.59 Å². The Morgan fingerprint density at radius 3 is 2.95 bits per heavy atom. The molecular weight excluding hydrogens is 292 g/mol. The van der Waals surface area contributed by atoms with Crippen molar-refractivity contribution in [1.29, 1.82) is 0 Å². The van der Waals surface area contributed by atoms with E-state index in [0.717, 1.165) is 4.68 Å². The number of carbonyl (C=O) groups excluding carboxylic acids is 1. The Balaban J connectivity index is 1.89. The Morgan fingerprint density at radius 1 is 1.38 bits per heavy atom. The van der Waals surface area contributed by atoms with Crippen LogP contribution in [0.15, 0.2) is 45.1 Å². The number of aromatic nitrogens is 3. The summed E-state index contributed by atoms with van der Waals surface area (Å²) in [5, 5.41) is 6.44. The lowest BCUT2D eigenvalue weighted by atomic mass is 10.4. The second kappa shape index (κ2) is 5.33. The molecule has 0 unspecified atom stereocenters. The van der Waals surface area contributed by atoms with Gasteiger partial charge in [-0.1, -0.05) is 0 Å². The van der Waals surface area contributed by atoms with Gasteiger partial charge in [0, 0.05) is 11.4 Å². The topological polar surface area (TPSA) is 104 Å². The van der Waals surface area contributed by atoms with Crippen LogP contribution >= 0.6 is 11.3 Å². The van der Waals surface area contributed by atoms with Crippen molar-refractivity contribution in [3.8, 4) is 10.8 Å². The molecule has 0 aromatic carbocycles. The number of hydrogen-bond acceptors (Lipinski definition) is 6. The van der Waals surface area contributed by atoms with Gasteiger partial charge in [-0.15, -0.1) is 11.3 Å². The highest BCUT2D eigenvalue weighted by atomic mass is 32.1. The summed E-state index contributed by atoms with van der Waals surface area (Å²) in [7, 11) is 0. The van der Waals surface area contributed by atoms with Crippen LogP contribution in [0.2, 0.25) is 0 Å². The number of nitrogens with zero attached hydrogens (tertiary/aromatic N) is 3. The molecule has 0 spiro atoms. The molecule has 3 rings (SSSR count). The minimum atomic E-state index is -0.682. The average Bonchev–Trinajstić information content (AvgIpc) is 3.11. The lowest BCUT2D eigenvalue weighted by Crippen LogP contribution is -2.26. The molecule has 1 amide bonds. The van der Waals surface area contributed by atoms with E-state index in [1.807, 2.05) is 5.38 Å². The van der Waals surface area contributed by atoms with Crippen molar-refractivity contribution in [2.24, 2.45) is 5.73 Å². The molecule has 2 N–H and O–H groups in total. The van der Waals surface area contributed by atoms with E-state index in [1.165, 1.54) is 23.5 Å². The molecule has 3 aromatic heterocycles. The molecule has 106 valence electrons. The van der Waals surface area contributed by atoms with Crippen molar-refractivity contribution in [3.63, 3.8) is 0 Å². The molecule has 3 aromatic rings. The van der Waals surface area contributed by atoms with Gasteiger partial charge in [0.05, 0.1) is 18.5 Å². The number of thiazole rings is 1. The Bertz CT molecular complexity index is 835. The Labute approximate surface area is 122 Å². The molecule has 21 heavy (non-hydrogen) atoms. The van der Waals surface area contributed by atoms with Crippen LogP contribution in [-0.4, -0.2) is 20.7 Å². The zero-order chi connectivity index (χ0) is 14.8. The number of primary amides is 1. The third-order valence-electron chi connectivity index (χ3n) is 2.71. The van der Waals surface area contributed by atoms with Crippen molar-refractivity contribution in [3.05, 3.63) is 57.7 Å². The zero-order valence-corrected chi connectivity index (χ0v) is 11.5. The molecule has 0 bridgehead atoms. The normalized spacial score (nSPS) is 10.7. The van der Waals surface area contributed by atoms with Gasteiger partial charge in [0.25, 0.3) is 11.5 Å². The molecule has 3 heterocycles. The summed E-state index contributed by atoms with van der Waals surface area (Å²) in [4.78, 5) is 27.2. The molecule has 7 nitrogen and oxygen atoms in total. The fourth-order valence-electron chi connectivity index (χ4n) is 1.74. The van der Waals surface area contributed by atoms with Crippen molar-refractivity contribution >= 4 is 17.2 Å². The summed E-state index contributed by atoms with van der Waals surface area (Å²) in [5.74, 6) is -0.0178. The number of carbonyl (C=O) groups is 1. The number of furan rings is 1. The van der Waals surface area contributed by atoms with Gasteiger partial charge in [0.2, 0.25) is 0 Å². The monoisotopic (exact) mass is 302 g/mol.